The van der Waals surface area contributed by atoms with Gasteiger partial charge in [0.25, 0.3) is 0 Å². The molecule has 0 spiro atoms. The summed E-state index contributed by atoms with van der Waals surface area (Å²) in [5, 5.41) is 14.2. The Labute approximate surface area is 202 Å². The molecular weight excluding hydrogens is 505 g/mol. The van der Waals surface area contributed by atoms with Crippen LogP contribution in [0.1, 0.15) is 18.4 Å². The average Bonchev–Trinajstić information content (AvgIpc) is 3.33. The fourth-order valence-electron chi connectivity index (χ4n) is 4.50. The summed E-state index contributed by atoms with van der Waals surface area (Å²) < 4.78 is 82.2. The van der Waals surface area contributed by atoms with E-state index in [1.807, 2.05) is 12.1 Å². The van der Waals surface area contributed by atoms with Gasteiger partial charge in [-0.1, -0.05) is 12.1 Å². The third-order valence-corrected chi connectivity index (χ3v) is 6.08. The zero-order valence-corrected chi connectivity index (χ0v) is 19.1. The van der Waals surface area contributed by atoms with E-state index in [9.17, 15) is 30.7 Å². The molecule has 7 nitrogen and oxygen atoms in total. The maximum atomic E-state index is 13.3. The fraction of sp³-hybridized carbons (Fsp3) is 0.636. The summed E-state index contributed by atoms with van der Waals surface area (Å²) in [7, 11) is 0. The maximum Gasteiger partial charge on any atom is 0.490 e. The van der Waals surface area contributed by atoms with E-state index in [-0.39, 0.29) is 5.82 Å². The number of aliphatic carboxylic acids is 2. The third-order valence-electron chi connectivity index (χ3n) is 6.08. The molecule has 2 atom stereocenters. The predicted molar refractivity (Wildman–Crippen MR) is 111 cm³/mol. The highest BCUT2D eigenvalue weighted by atomic mass is 19.4. The molecule has 3 fully saturated rings. The Kier molecular flexibility index (Phi) is 10.5. The number of carboxylic acid groups (broad SMARTS) is 2. The molecule has 0 aromatic heterocycles. The smallest absolute Gasteiger partial charge is 0.475 e. The van der Waals surface area contributed by atoms with Crippen molar-refractivity contribution in [1.82, 2.24) is 9.80 Å². The van der Waals surface area contributed by atoms with Crippen molar-refractivity contribution in [3.05, 3.63) is 35.6 Å². The summed E-state index contributed by atoms with van der Waals surface area (Å²) in [6, 6.07) is 7.78. The molecule has 36 heavy (non-hydrogen) atoms. The molecule has 3 saturated heterocycles. The Morgan fingerprint density at radius 2 is 1.36 bits per heavy atom. The third kappa shape index (κ3) is 9.54. The lowest BCUT2D eigenvalue weighted by atomic mass is 10.0. The lowest BCUT2D eigenvalue weighted by molar-refractivity contribution is -0.193. The maximum absolute atomic E-state index is 13.3. The van der Waals surface area contributed by atoms with E-state index in [0.29, 0.717) is 0 Å². The topological polar surface area (TPSA) is 90.3 Å². The minimum absolute atomic E-state index is 0.123. The molecule has 0 saturated carbocycles. The number of hydrogen-bond donors (Lipinski definition) is 2. The molecule has 0 bridgehead atoms. The van der Waals surface area contributed by atoms with Crippen molar-refractivity contribution in [2.45, 2.75) is 37.8 Å². The second-order valence-corrected chi connectivity index (χ2v) is 8.75. The zero-order valence-electron chi connectivity index (χ0n) is 19.1. The lowest BCUT2D eigenvalue weighted by Gasteiger charge is -2.32. The largest absolute Gasteiger partial charge is 0.490 e. The minimum atomic E-state index is -5.08. The van der Waals surface area contributed by atoms with E-state index in [4.69, 9.17) is 24.5 Å². The number of carboxylic acids is 2. The molecule has 1 aromatic carbocycles. The van der Waals surface area contributed by atoms with Gasteiger partial charge in [-0.2, -0.15) is 26.3 Å². The SMILES string of the molecule is Fc1cccc(CN2C[C@@H]3CN(C4CCOCC4)C[C@@H]3C2)c1.O=C(O)C(F)(F)F.O=C(O)C(F)(F)F. The number of likely N-dealkylation sites (tertiary alicyclic amines) is 2. The highest BCUT2D eigenvalue weighted by molar-refractivity contribution is 5.73. The summed E-state index contributed by atoms with van der Waals surface area (Å²) in [5.74, 6) is -4.03. The molecule has 3 heterocycles. The molecule has 0 amide bonds. The average molecular weight is 532 g/mol. The van der Waals surface area contributed by atoms with Crippen molar-refractivity contribution < 1.29 is 55.3 Å². The Morgan fingerprint density at radius 3 is 1.78 bits per heavy atom. The first kappa shape index (κ1) is 29.8. The summed E-state index contributed by atoms with van der Waals surface area (Å²) in [5.41, 5.74) is 1.10. The van der Waals surface area contributed by atoms with Gasteiger partial charge in [0, 0.05) is 52.0 Å². The molecule has 2 N–H and O–H groups in total. The minimum Gasteiger partial charge on any atom is -0.475 e. The van der Waals surface area contributed by atoms with Gasteiger partial charge in [-0.05, 0) is 42.4 Å². The van der Waals surface area contributed by atoms with Gasteiger partial charge in [-0.3, -0.25) is 9.80 Å². The van der Waals surface area contributed by atoms with Crippen molar-refractivity contribution in [3.8, 4) is 0 Å². The van der Waals surface area contributed by atoms with Gasteiger partial charge >= 0.3 is 24.3 Å². The molecule has 204 valence electrons. The highest BCUT2D eigenvalue weighted by Crippen LogP contribution is 2.34. The molecule has 3 aliphatic rings. The lowest BCUT2D eigenvalue weighted by Crippen LogP contribution is -2.39. The number of ether oxygens (including phenoxy) is 1. The van der Waals surface area contributed by atoms with Crippen LogP contribution in [0.4, 0.5) is 30.7 Å². The van der Waals surface area contributed by atoms with Crippen LogP contribution in [-0.4, -0.2) is 89.7 Å². The Morgan fingerprint density at radius 1 is 0.889 bits per heavy atom. The van der Waals surface area contributed by atoms with E-state index >= 15 is 0 Å². The van der Waals surface area contributed by atoms with E-state index in [2.05, 4.69) is 9.80 Å². The van der Waals surface area contributed by atoms with Gasteiger partial charge in [-0.25, -0.2) is 14.0 Å². The Bertz CT molecular complexity index is 837. The molecule has 0 unspecified atom stereocenters. The fourth-order valence-corrected chi connectivity index (χ4v) is 4.50. The first-order chi connectivity index (χ1) is 16.7. The van der Waals surface area contributed by atoms with Crippen molar-refractivity contribution in [1.29, 1.82) is 0 Å². The first-order valence-electron chi connectivity index (χ1n) is 11.1. The first-order valence-corrected chi connectivity index (χ1v) is 11.1. The summed E-state index contributed by atoms with van der Waals surface area (Å²) >= 11 is 0. The number of fused-ring (bicyclic) bond motifs is 1. The van der Waals surface area contributed by atoms with Gasteiger partial charge in [0.05, 0.1) is 0 Å². The van der Waals surface area contributed by atoms with E-state index in [1.54, 1.807) is 6.07 Å². The second kappa shape index (κ2) is 12.7. The van der Waals surface area contributed by atoms with Crippen molar-refractivity contribution in [2.24, 2.45) is 11.8 Å². The number of halogens is 7. The number of rotatable bonds is 3. The van der Waals surface area contributed by atoms with Gasteiger partial charge < -0.3 is 14.9 Å². The van der Waals surface area contributed by atoms with E-state index in [0.717, 1.165) is 43.2 Å². The van der Waals surface area contributed by atoms with Crippen LogP contribution < -0.4 is 0 Å². The number of carbonyl (C=O) groups is 2. The highest BCUT2D eigenvalue weighted by Gasteiger charge is 2.42. The monoisotopic (exact) mass is 532 g/mol. The molecule has 1 aromatic rings. The molecular formula is C22H27F7N2O5. The van der Waals surface area contributed by atoms with Gasteiger partial charge in [0.2, 0.25) is 0 Å². The summed E-state index contributed by atoms with van der Waals surface area (Å²) in [4.78, 5) is 23.0. The quantitative estimate of drug-likeness (QED) is 0.575. The van der Waals surface area contributed by atoms with Crippen LogP contribution in [0.3, 0.4) is 0 Å². The van der Waals surface area contributed by atoms with Crippen LogP contribution in [0.15, 0.2) is 24.3 Å². The Balaban J connectivity index is 0.000000271. The normalized spacial score (nSPS) is 23.2. The standard InChI is InChI=1S/C18H25FN2O.2C2HF3O2/c19-17-3-1-2-14(8-17)9-20-10-15-12-21(13-16(15)11-20)18-4-6-22-7-5-18;2*3-2(4,5)1(6)7/h1-3,8,15-16,18H,4-7,9-13H2;2*(H,6,7)/t15-,16+;;. The summed E-state index contributed by atoms with van der Waals surface area (Å²) in [6.45, 7) is 7.58. The zero-order chi connectivity index (χ0) is 27.1. The predicted octanol–water partition coefficient (Wildman–Crippen LogP) is 3.63. The molecule has 14 heteroatoms. The number of alkyl halides is 6. The van der Waals surface area contributed by atoms with Crippen LogP contribution >= 0.6 is 0 Å². The van der Waals surface area contributed by atoms with Crippen LogP contribution in [0.25, 0.3) is 0 Å². The summed E-state index contributed by atoms with van der Waals surface area (Å²) in [6.07, 6.45) is -7.76. The Hall–Kier alpha value is -2.45. The van der Waals surface area contributed by atoms with Gasteiger partial charge in [0.1, 0.15) is 5.82 Å². The van der Waals surface area contributed by atoms with Crippen molar-refractivity contribution in [3.63, 3.8) is 0 Å². The number of nitrogens with zero attached hydrogens (tertiary/aromatic N) is 2. The second-order valence-electron chi connectivity index (χ2n) is 8.75. The van der Waals surface area contributed by atoms with Crippen LogP contribution in [0.2, 0.25) is 0 Å². The van der Waals surface area contributed by atoms with Crippen molar-refractivity contribution in [2.75, 3.05) is 39.4 Å². The number of benzene rings is 1. The van der Waals surface area contributed by atoms with E-state index < -0.39 is 24.3 Å². The number of hydrogen-bond acceptors (Lipinski definition) is 5. The van der Waals surface area contributed by atoms with Crippen LogP contribution in [0.5, 0.6) is 0 Å². The van der Waals surface area contributed by atoms with Gasteiger partial charge in [-0.15, -0.1) is 0 Å². The van der Waals surface area contributed by atoms with Crippen LogP contribution in [-0.2, 0) is 20.9 Å². The molecule has 4 rings (SSSR count). The molecule has 0 radical (unpaired) electrons. The molecule has 0 aliphatic carbocycles. The van der Waals surface area contributed by atoms with E-state index in [1.165, 1.54) is 45.1 Å². The van der Waals surface area contributed by atoms with Crippen LogP contribution in [0, 0.1) is 17.7 Å². The van der Waals surface area contributed by atoms with Gasteiger partial charge in [0.15, 0.2) is 0 Å². The molecule has 3 aliphatic heterocycles. The van der Waals surface area contributed by atoms with Crippen molar-refractivity contribution >= 4 is 11.9 Å².